The maximum atomic E-state index is 12.8. The fourth-order valence-corrected chi connectivity index (χ4v) is 3.31. The molecule has 4 rings (SSSR count). The van der Waals surface area contributed by atoms with Crippen molar-refractivity contribution in [3.05, 3.63) is 54.2 Å². The van der Waals surface area contributed by atoms with Gasteiger partial charge in [-0.15, -0.1) is 10.2 Å². The number of piperidine rings is 1. The molecule has 25 heavy (non-hydrogen) atoms. The number of benzene rings is 1. The maximum absolute atomic E-state index is 12.8. The molecule has 7 nitrogen and oxygen atoms in total. The van der Waals surface area contributed by atoms with Gasteiger partial charge in [-0.05, 0) is 12.8 Å². The molecule has 0 radical (unpaired) electrons. The predicted octanol–water partition coefficient (Wildman–Crippen LogP) is 2.49. The Kier molecular flexibility index (Phi) is 4.05. The van der Waals surface area contributed by atoms with E-state index < -0.39 is 0 Å². The largest absolute Gasteiger partial charge is 0.355 e. The van der Waals surface area contributed by atoms with Gasteiger partial charge in [0.25, 0.3) is 5.91 Å². The van der Waals surface area contributed by atoms with E-state index in [4.69, 9.17) is 4.52 Å². The zero-order valence-corrected chi connectivity index (χ0v) is 14.0. The molecule has 7 heteroatoms. The lowest BCUT2D eigenvalue weighted by atomic mass is 9.97. The highest BCUT2D eigenvalue weighted by Crippen LogP contribution is 2.27. The zero-order valence-electron chi connectivity index (χ0n) is 14.0. The van der Waals surface area contributed by atoms with Crippen molar-refractivity contribution in [3.8, 4) is 11.3 Å². The zero-order chi connectivity index (χ0) is 17.2. The number of amides is 1. The van der Waals surface area contributed by atoms with E-state index in [0.29, 0.717) is 18.0 Å². The van der Waals surface area contributed by atoms with Crippen molar-refractivity contribution in [1.82, 2.24) is 24.8 Å². The number of aromatic nitrogens is 4. The Balaban J connectivity index is 1.51. The fraction of sp³-hybridized carbons (Fsp3) is 0.333. The third-order valence-corrected chi connectivity index (χ3v) is 4.61. The highest BCUT2D eigenvalue weighted by molar-refractivity contribution is 5.93. The van der Waals surface area contributed by atoms with Crippen molar-refractivity contribution in [1.29, 1.82) is 0 Å². The van der Waals surface area contributed by atoms with E-state index >= 15 is 0 Å². The Labute approximate surface area is 145 Å². The van der Waals surface area contributed by atoms with Gasteiger partial charge in [0.2, 0.25) is 0 Å². The van der Waals surface area contributed by atoms with Crippen molar-refractivity contribution < 1.29 is 9.32 Å². The first-order valence-electron chi connectivity index (χ1n) is 8.37. The van der Waals surface area contributed by atoms with Gasteiger partial charge in [-0.1, -0.05) is 35.5 Å². The molecule has 1 aliphatic heterocycles. The molecule has 3 aromatic rings. The highest BCUT2D eigenvalue weighted by Gasteiger charge is 2.29. The number of likely N-dealkylation sites (tertiary alicyclic amines) is 1. The first-order valence-corrected chi connectivity index (χ1v) is 8.37. The number of hydrogen-bond acceptors (Lipinski definition) is 5. The molecule has 0 N–H and O–H groups in total. The number of nitrogens with zero attached hydrogens (tertiary/aromatic N) is 5. The maximum Gasteiger partial charge on any atom is 0.276 e. The SMILES string of the molecule is Cn1cnnc1[C@H]1CCCN(C(=O)c2cc(-c3ccccc3)on2)C1. The van der Waals surface area contributed by atoms with Crippen molar-refractivity contribution in [2.45, 2.75) is 18.8 Å². The Morgan fingerprint density at radius 2 is 2.12 bits per heavy atom. The van der Waals surface area contributed by atoms with Crippen LogP contribution in [0.2, 0.25) is 0 Å². The summed E-state index contributed by atoms with van der Waals surface area (Å²) >= 11 is 0. The Morgan fingerprint density at radius 1 is 1.28 bits per heavy atom. The van der Waals surface area contributed by atoms with E-state index in [-0.39, 0.29) is 11.8 Å². The molecule has 0 unspecified atom stereocenters. The van der Waals surface area contributed by atoms with E-state index in [2.05, 4.69) is 15.4 Å². The summed E-state index contributed by atoms with van der Waals surface area (Å²) in [6, 6.07) is 11.4. The summed E-state index contributed by atoms with van der Waals surface area (Å²) in [4.78, 5) is 14.6. The van der Waals surface area contributed by atoms with Crippen LogP contribution in [-0.2, 0) is 7.05 Å². The molecule has 0 aliphatic carbocycles. The van der Waals surface area contributed by atoms with Gasteiger partial charge in [0, 0.05) is 37.7 Å². The second-order valence-electron chi connectivity index (χ2n) is 6.33. The van der Waals surface area contributed by atoms with Crippen molar-refractivity contribution in [3.63, 3.8) is 0 Å². The fourth-order valence-electron chi connectivity index (χ4n) is 3.31. The minimum absolute atomic E-state index is 0.0993. The lowest BCUT2D eigenvalue weighted by Crippen LogP contribution is -2.39. The molecule has 1 atom stereocenters. The van der Waals surface area contributed by atoms with E-state index in [1.807, 2.05) is 46.8 Å². The van der Waals surface area contributed by atoms with E-state index in [9.17, 15) is 4.79 Å². The summed E-state index contributed by atoms with van der Waals surface area (Å²) in [6.45, 7) is 1.35. The molecule has 0 spiro atoms. The third-order valence-electron chi connectivity index (χ3n) is 4.61. The average Bonchev–Trinajstić information content (AvgIpc) is 3.31. The van der Waals surface area contributed by atoms with Crippen LogP contribution in [0.15, 0.2) is 47.2 Å². The minimum Gasteiger partial charge on any atom is -0.355 e. The summed E-state index contributed by atoms with van der Waals surface area (Å²) in [7, 11) is 1.93. The molecule has 0 bridgehead atoms. The summed E-state index contributed by atoms with van der Waals surface area (Å²) in [5.41, 5.74) is 1.25. The van der Waals surface area contributed by atoms with Gasteiger partial charge in [0.15, 0.2) is 11.5 Å². The molecule has 1 saturated heterocycles. The standard InChI is InChI=1S/C18H19N5O2/c1-22-12-19-20-17(22)14-8-5-9-23(11-14)18(24)15-10-16(25-21-15)13-6-3-2-4-7-13/h2-4,6-7,10,12,14H,5,8-9,11H2,1H3/t14-/m0/s1. The number of carbonyl (C=O) groups excluding carboxylic acids is 1. The van der Waals surface area contributed by atoms with Crippen LogP contribution in [-0.4, -0.2) is 43.8 Å². The van der Waals surface area contributed by atoms with E-state index in [1.165, 1.54) is 0 Å². The highest BCUT2D eigenvalue weighted by atomic mass is 16.5. The van der Waals surface area contributed by atoms with Crippen LogP contribution in [0.1, 0.15) is 35.1 Å². The third kappa shape index (κ3) is 3.05. The predicted molar refractivity (Wildman–Crippen MR) is 90.8 cm³/mol. The van der Waals surface area contributed by atoms with Crippen LogP contribution in [0.3, 0.4) is 0 Å². The molecule has 1 aromatic carbocycles. The van der Waals surface area contributed by atoms with Crippen LogP contribution in [0.25, 0.3) is 11.3 Å². The second-order valence-corrected chi connectivity index (χ2v) is 6.33. The Hall–Kier alpha value is -2.96. The van der Waals surface area contributed by atoms with Gasteiger partial charge in [0.1, 0.15) is 12.2 Å². The lowest BCUT2D eigenvalue weighted by molar-refractivity contribution is 0.0693. The molecule has 1 fully saturated rings. The quantitative estimate of drug-likeness (QED) is 0.734. The van der Waals surface area contributed by atoms with Crippen LogP contribution in [0, 0.1) is 0 Å². The minimum atomic E-state index is -0.0993. The summed E-state index contributed by atoms with van der Waals surface area (Å²) in [6.07, 6.45) is 3.64. The first-order chi connectivity index (χ1) is 12.2. The Bertz CT molecular complexity index is 870. The monoisotopic (exact) mass is 337 g/mol. The number of rotatable bonds is 3. The second kappa shape index (κ2) is 6.51. The summed E-state index contributed by atoms with van der Waals surface area (Å²) < 4.78 is 7.28. The van der Waals surface area contributed by atoms with Crippen molar-refractivity contribution >= 4 is 5.91 Å². The summed E-state index contributed by atoms with van der Waals surface area (Å²) in [5, 5.41) is 12.1. The van der Waals surface area contributed by atoms with Crippen LogP contribution in [0.5, 0.6) is 0 Å². The summed E-state index contributed by atoms with van der Waals surface area (Å²) in [5.74, 6) is 1.62. The molecule has 2 aromatic heterocycles. The lowest BCUT2D eigenvalue weighted by Gasteiger charge is -2.31. The van der Waals surface area contributed by atoms with Crippen molar-refractivity contribution in [2.75, 3.05) is 13.1 Å². The average molecular weight is 337 g/mol. The molecular weight excluding hydrogens is 318 g/mol. The molecule has 0 saturated carbocycles. The van der Waals surface area contributed by atoms with Gasteiger partial charge in [-0.2, -0.15) is 0 Å². The van der Waals surface area contributed by atoms with E-state index in [0.717, 1.165) is 30.8 Å². The van der Waals surface area contributed by atoms with Crippen LogP contribution >= 0.6 is 0 Å². The normalized spacial score (nSPS) is 17.6. The smallest absolute Gasteiger partial charge is 0.276 e. The van der Waals surface area contributed by atoms with Gasteiger partial charge in [-0.3, -0.25) is 4.79 Å². The van der Waals surface area contributed by atoms with Gasteiger partial charge < -0.3 is 14.0 Å². The van der Waals surface area contributed by atoms with Gasteiger partial charge in [0.05, 0.1) is 0 Å². The number of hydrogen-bond donors (Lipinski definition) is 0. The van der Waals surface area contributed by atoms with E-state index in [1.54, 1.807) is 12.4 Å². The van der Waals surface area contributed by atoms with Crippen LogP contribution < -0.4 is 0 Å². The molecular formula is C18H19N5O2. The first kappa shape index (κ1) is 15.6. The van der Waals surface area contributed by atoms with Crippen molar-refractivity contribution in [2.24, 2.45) is 7.05 Å². The Morgan fingerprint density at radius 3 is 2.88 bits per heavy atom. The molecule has 3 heterocycles. The van der Waals surface area contributed by atoms with Gasteiger partial charge in [-0.25, -0.2) is 0 Å². The topological polar surface area (TPSA) is 77.0 Å². The molecule has 128 valence electrons. The number of aryl methyl sites for hydroxylation is 1. The molecule has 1 aliphatic rings. The number of carbonyl (C=O) groups is 1. The van der Waals surface area contributed by atoms with Gasteiger partial charge >= 0.3 is 0 Å². The molecule has 1 amide bonds. The van der Waals surface area contributed by atoms with Crippen LogP contribution in [0.4, 0.5) is 0 Å².